The zero-order chi connectivity index (χ0) is 16.0. The van der Waals surface area contributed by atoms with E-state index in [4.69, 9.17) is 14.1 Å². The number of benzene rings is 1. The van der Waals surface area contributed by atoms with Gasteiger partial charge in [-0.3, -0.25) is 0 Å². The molecule has 1 aromatic carbocycles. The summed E-state index contributed by atoms with van der Waals surface area (Å²) < 4.78 is 16.4. The van der Waals surface area contributed by atoms with Crippen molar-refractivity contribution >= 4 is 0 Å². The molecule has 0 spiro atoms. The highest BCUT2D eigenvalue weighted by Gasteiger charge is 2.29. The second-order valence-electron chi connectivity index (χ2n) is 5.17. The first-order valence-corrected chi connectivity index (χ1v) is 7.08. The van der Waals surface area contributed by atoms with Crippen molar-refractivity contribution in [2.24, 2.45) is 0 Å². The van der Waals surface area contributed by atoms with Gasteiger partial charge in [-0.05, 0) is 29.8 Å². The van der Waals surface area contributed by atoms with E-state index in [1.807, 2.05) is 6.07 Å². The molecule has 0 saturated heterocycles. The molecule has 8 nitrogen and oxygen atoms in total. The lowest BCUT2D eigenvalue weighted by Gasteiger charge is -2.10. The molecule has 4 rings (SSSR count). The molecule has 0 aliphatic heterocycles. The van der Waals surface area contributed by atoms with Crippen molar-refractivity contribution in [1.82, 2.24) is 20.0 Å². The number of aromatic nitrogens is 4. The molecule has 0 unspecified atom stereocenters. The fourth-order valence-corrected chi connectivity index (χ4v) is 2.81. The Morgan fingerprint density at radius 3 is 2.70 bits per heavy atom. The number of ether oxygens (including phenoxy) is 2. The van der Waals surface area contributed by atoms with Gasteiger partial charge in [-0.25, -0.2) is 9.61 Å². The van der Waals surface area contributed by atoms with Crippen LogP contribution in [0.4, 0.5) is 0 Å². The van der Waals surface area contributed by atoms with Gasteiger partial charge in [0, 0.05) is 12.0 Å². The van der Waals surface area contributed by atoms with E-state index in [-0.39, 0.29) is 0 Å². The van der Waals surface area contributed by atoms with Crippen molar-refractivity contribution < 1.29 is 19.3 Å². The largest absolute Gasteiger partial charge is 0.493 e. The van der Waals surface area contributed by atoms with Crippen LogP contribution in [0.1, 0.15) is 11.4 Å². The molecule has 118 valence electrons. The van der Waals surface area contributed by atoms with Crippen LogP contribution in [0.2, 0.25) is 0 Å². The number of rotatable bonds is 3. The standard InChI is InChI=1S/C15H14N4O4/c1-21-11-6-3-8(7-12(11)22-2)15-16-14-10(19(15)20)5-4-9-13(14)18-23-17-9/h3,6-7,20H,4-5H2,1-2H3. The third-order valence-corrected chi connectivity index (χ3v) is 3.97. The van der Waals surface area contributed by atoms with E-state index in [1.165, 1.54) is 0 Å². The predicted molar refractivity (Wildman–Crippen MR) is 78.7 cm³/mol. The van der Waals surface area contributed by atoms with Crippen LogP contribution in [0.25, 0.3) is 22.8 Å². The molecule has 0 fully saturated rings. The quantitative estimate of drug-likeness (QED) is 0.738. The van der Waals surface area contributed by atoms with Gasteiger partial charge in [0.05, 0.1) is 19.9 Å². The van der Waals surface area contributed by atoms with Gasteiger partial charge in [-0.2, -0.15) is 4.73 Å². The number of aryl methyl sites for hydroxylation is 1. The number of fused-ring (bicyclic) bond motifs is 3. The Morgan fingerprint density at radius 1 is 1.09 bits per heavy atom. The molecule has 1 N–H and O–H groups in total. The smallest absolute Gasteiger partial charge is 0.176 e. The summed E-state index contributed by atoms with van der Waals surface area (Å²) in [5, 5.41) is 18.2. The molecule has 0 saturated carbocycles. The molecular weight excluding hydrogens is 300 g/mol. The normalized spacial score (nSPS) is 12.6. The SMILES string of the molecule is COc1ccc(-c2nc3c(n2O)CCc2nonc2-3)cc1OC. The summed E-state index contributed by atoms with van der Waals surface area (Å²) in [4.78, 5) is 4.52. The first-order valence-electron chi connectivity index (χ1n) is 7.08. The van der Waals surface area contributed by atoms with Gasteiger partial charge in [-0.15, -0.1) is 0 Å². The molecule has 8 heteroatoms. The van der Waals surface area contributed by atoms with Crippen molar-refractivity contribution in [2.75, 3.05) is 14.2 Å². The fourth-order valence-electron chi connectivity index (χ4n) is 2.81. The molecule has 0 amide bonds. The van der Waals surface area contributed by atoms with Crippen molar-refractivity contribution in [3.63, 3.8) is 0 Å². The number of imidazole rings is 1. The number of methoxy groups -OCH3 is 2. The fraction of sp³-hybridized carbons (Fsp3) is 0.267. The van der Waals surface area contributed by atoms with E-state index in [0.29, 0.717) is 52.8 Å². The van der Waals surface area contributed by atoms with E-state index in [2.05, 4.69) is 15.3 Å². The highest BCUT2D eigenvalue weighted by atomic mass is 16.6. The van der Waals surface area contributed by atoms with Gasteiger partial charge in [0.25, 0.3) is 0 Å². The highest BCUT2D eigenvalue weighted by molar-refractivity contribution is 5.69. The summed E-state index contributed by atoms with van der Waals surface area (Å²) >= 11 is 0. The molecule has 0 radical (unpaired) electrons. The zero-order valence-electron chi connectivity index (χ0n) is 12.6. The van der Waals surface area contributed by atoms with E-state index in [0.717, 1.165) is 10.4 Å². The van der Waals surface area contributed by atoms with Crippen molar-refractivity contribution in [2.45, 2.75) is 12.8 Å². The van der Waals surface area contributed by atoms with Gasteiger partial charge in [0.15, 0.2) is 23.0 Å². The maximum absolute atomic E-state index is 10.5. The molecular formula is C15H14N4O4. The number of hydrogen-bond donors (Lipinski definition) is 1. The van der Waals surface area contributed by atoms with Gasteiger partial charge < -0.3 is 14.7 Å². The Bertz CT molecular complexity index is 884. The van der Waals surface area contributed by atoms with Crippen LogP contribution in [0, 0.1) is 0 Å². The average molecular weight is 314 g/mol. The minimum Gasteiger partial charge on any atom is -0.493 e. The van der Waals surface area contributed by atoms with Crippen LogP contribution in [-0.4, -0.2) is 39.5 Å². The van der Waals surface area contributed by atoms with Gasteiger partial charge in [0.1, 0.15) is 11.4 Å². The Morgan fingerprint density at radius 2 is 1.91 bits per heavy atom. The first-order chi connectivity index (χ1) is 11.2. The summed E-state index contributed by atoms with van der Waals surface area (Å²) in [6, 6.07) is 5.34. The molecule has 3 aromatic rings. The maximum Gasteiger partial charge on any atom is 0.176 e. The minimum atomic E-state index is 0.409. The second-order valence-corrected chi connectivity index (χ2v) is 5.17. The second kappa shape index (κ2) is 5.01. The summed E-state index contributed by atoms with van der Waals surface area (Å²) in [5.41, 5.74) is 3.34. The molecule has 0 bridgehead atoms. The van der Waals surface area contributed by atoms with Gasteiger partial charge in [0.2, 0.25) is 0 Å². The molecule has 0 atom stereocenters. The van der Waals surface area contributed by atoms with Crippen LogP contribution in [0.15, 0.2) is 22.8 Å². The summed E-state index contributed by atoms with van der Waals surface area (Å²) in [5.74, 6) is 1.58. The Labute approximate surface area is 131 Å². The van der Waals surface area contributed by atoms with Gasteiger partial charge >= 0.3 is 0 Å². The van der Waals surface area contributed by atoms with E-state index < -0.39 is 0 Å². The number of nitrogens with zero attached hydrogens (tertiary/aromatic N) is 4. The van der Waals surface area contributed by atoms with E-state index in [1.54, 1.807) is 26.4 Å². The Kier molecular flexibility index (Phi) is 2.97. The van der Waals surface area contributed by atoms with Crippen LogP contribution in [0.5, 0.6) is 11.5 Å². The average Bonchev–Trinajstić information content (AvgIpc) is 3.18. The Balaban J connectivity index is 1.86. The maximum atomic E-state index is 10.5. The van der Waals surface area contributed by atoms with E-state index >= 15 is 0 Å². The third-order valence-electron chi connectivity index (χ3n) is 3.97. The first kappa shape index (κ1) is 13.6. The predicted octanol–water partition coefficient (Wildman–Crippen LogP) is 1.95. The lowest BCUT2D eigenvalue weighted by atomic mass is 10.0. The summed E-state index contributed by atoms with van der Waals surface area (Å²) in [6.45, 7) is 0. The van der Waals surface area contributed by atoms with Crippen LogP contribution < -0.4 is 9.47 Å². The van der Waals surface area contributed by atoms with Crippen molar-refractivity contribution in [3.05, 3.63) is 29.6 Å². The monoisotopic (exact) mass is 314 g/mol. The molecule has 23 heavy (non-hydrogen) atoms. The lowest BCUT2D eigenvalue weighted by molar-refractivity contribution is 0.181. The molecule has 1 aliphatic carbocycles. The van der Waals surface area contributed by atoms with Crippen molar-refractivity contribution in [3.8, 4) is 34.3 Å². The molecule has 1 aliphatic rings. The zero-order valence-corrected chi connectivity index (χ0v) is 12.6. The third kappa shape index (κ3) is 1.95. The van der Waals surface area contributed by atoms with Crippen LogP contribution >= 0.6 is 0 Å². The van der Waals surface area contributed by atoms with Crippen molar-refractivity contribution in [1.29, 1.82) is 0 Å². The minimum absolute atomic E-state index is 0.409. The summed E-state index contributed by atoms with van der Waals surface area (Å²) in [6.07, 6.45) is 1.27. The highest BCUT2D eigenvalue weighted by Crippen LogP contribution is 2.36. The Hall–Kier alpha value is -3.03. The summed E-state index contributed by atoms with van der Waals surface area (Å²) in [7, 11) is 3.13. The molecule has 2 heterocycles. The van der Waals surface area contributed by atoms with Gasteiger partial charge in [-0.1, -0.05) is 5.16 Å². The number of hydrogen-bond acceptors (Lipinski definition) is 7. The van der Waals surface area contributed by atoms with Crippen LogP contribution in [0.3, 0.4) is 0 Å². The van der Waals surface area contributed by atoms with Crippen LogP contribution in [-0.2, 0) is 12.8 Å². The lowest BCUT2D eigenvalue weighted by Crippen LogP contribution is -2.07. The van der Waals surface area contributed by atoms with E-state index in [9.17, 15) is 5.21 Å². The molecule has 2 aromatic heterocycles. The topological polar surface area (TPSA) is 95.4 Å².